The summed E-state index contributed by atoms with van der Waals surface area (Å²) < 4.78 is 46.6. The van der Waals surface area contributed by atoms with Crippen LogP contribution in [0.3, 0.4) is 0 Å². The summed E-state index contributed by atoms with van der Waals surface area (Å²) >= 11 is -0.0892. The fraction of sp³-hybridized carbons (Fsp3) is 0.538. The van der Waals surface area contributed by atoms with Crippen LogP contribution < -0.4 is 5.32 Å². The van der Waals surface area contributed by atoms with Crippen molar-refractivity contribution in [3.8, 4) is 0 Å². The van der Waals surface area contributed by atoms with Gasteiger partial charge in [0.15, 0.2) is 0 Å². The number of halogens is 3. The molecule has 0 bridgehead atoms. The normalized spacial score (nSPS) is 23.9. The molecule has 0 unspecified atom stereocenters. The summed E-state index contributed by atoms with van der Waals surface area (Å²) in [6.45, 7) is 0. The van der Waals surface area contributed by atoms with Gasteiger partial charge in [0.2, 0.25) is 0 Å². The molecule has 0 spiro atoms. The predicted octanol–water partition coefficient (Wildman–Crippen LogP) is 3.22. The molecule has 0 atom stereocenters. The molecule has 1 heterocycles. The fourth-order valence-corrected chi connectivity index (χ4v) is 3.86. The van der Waals surface area contributed by atoms with Gasteiger partial charge in [-0.25, -0.2) is 0 Å². The molecule has 1 N–H and O–H groups in total. The zero-order valence-electron chi connectivity index (χ0n) is 10.7. The third kappa shape index (κ3) is 2.83. The Morgan fingerprint density at radius 2 is 1.85 bits per heavy atom. The average molecular weight is 348 g/mol. The van der Waals surface area contributed by atoms with Crippen LogP contribution in [0.1, 0.15) is 25.7 Å². The van der Waals surface area contributed by atoms with Crippen LogP contribution >= 0.6 is 0 Å². The van der Waals surface area contributed by atoms with Crippen LogP contribution in [-0.4, -0.2) is 35.1 Å². The molecule has 1 fully saturated rings. The third-order valence-electron chi connectivity index (χ3n) is 3.84. The van der Waals surface area contributed by atoms with Gasteiger partial charge in [0, 0.05) is 0 Å². The molecule has 108 valence electrons. The van der Waals surface area contributed by atoms with Crippen molar-refractivity contribution < 1.29 is 13.2 Å². The summed E-state index contributed by atoms with van der Waals surface area (Å²) in [5, 5.41) is 3.34. The van der Waals surface area contributed by atoms with E-state index in [1.165, 1.54) is 0 Å². The standard InChI is InChI=1S/C13H14F3N3Se/c14-13(15,16)8-4-6-9(7-5-8)17-10-2-1-3-11-12(10)19-20-18-11/h1-3,8-9,17H,4-7H2. The summed E-state index contributed by atoms with van der Waals surface area (Å²) in [4.78, 5) is 0. The molecule has 0 radical (unpaired) electrons. The predicted molar refractivity (Wildman–Crippen MR) is 71.9 cm³/mol. The Hall–Kier alpha value is -1.07. The first-order chi connectivity index (χ1) is 9.54. The Balaban J connectivity index is 1.67. The molecule has 0 amide bonds. The second-order valence-electron chi connectivity index (χ2n) is 5.17. The first kappa shape index (κ1) is 13.9. The number of benzene rings is 1. The van der Waals surface area contributed by atoms with Gasteiger partial charge in [-0.2, -0.15) is 0 Å². The van der Waals surface area contributed by atoms with Gasteiger partial charge in [-0.15, -0.1) is 0 Å². The van der Waals surface area contributed by atoms with Gasteiger partial charge in [-0.3, -0.25) is 0 Å². The van der Waals surface area contributed by atoms with Crippen LogP contribution in [-0.2, 0) is 0 Å². The molecule has 1 aliphatic rings. The Kier molecular flexibility index (Phi) is 3.73. The van der Waals surface area contributed by atoms with Gasteiger partial charge in [-0.05, 0) is 0 Å². The topological polar surface area (TPSA) is 37.8 Å². The second kappa shape index (κ2) is 5.37. The van der Waals surface area contributed by atoms with Gasteiger partial charge in [0.25, 0.3) is 0 Å². The van der Waals surface area contributed by atoms with Gasteiger partial charge < -0.3 is 0 Å². The monoisotopic (exact) mass is 349 g/mol. The molecular weight excluding hydrogens is 334 g/mol. The Bertz CT molecular complexity index is 588. The molecule has 1 aromatic carbocycles. The van der Waals surface area contributed by atoms with Crippen molar-refractivity contribution in [3.63, 3.8) is 0 Å². The number of nitrogens with zero attached hydrogens (tertiary/aromatic N) is 2. The van der Waals surface area contributed by atoms with Crippen molar-refractivity contribution in [1.82, 2.24) is 7.96 Å². The van der Waals surface area contributed by atoms with E-state index in [2.05, 4.69) is 13.3 Å². The summed E-state index contributed by atoms with van der Waals surface area (Å²) in [7, 11) is 0. The van der Waals surface area contributed by atoms with E-state index < -0.39 is 12.1 Å². The molecular formula is C13H14F3N3Se. The van der Waals surface area contributed by atoms with Crippen molar-refractivity contribution in [3.05, 3.63) is 18.2 Å². The molecule has 0 aliphatic heterocycles. The molecule has 1 aliphatic carbocycles. The summed E-state index contributed by atoms with van der Waals surface area (Å²) in [6.07, 6.45) is -2.52. The van der Waals surface area contributed by atoms with Crippen LogP contribution in [0.2, 0.25) is 0 Å². The van der Waals surface area contributed by atoms with Gasteiger partial charge in [0.1, 0.15) is 0 Å². The summed E-state index contributed by atoms with van der Waals surface area (Å²) in [6, 6.07) is 5.85. The number of aromatic nitrogens is 2. The summed E-state index contributed by atoms with van der Waals surface area (Å²) in [5.41, 5.74) is 2.66. The van der Waals surface area contributed by atoms with Crippen LogP contribution in [0.15, 0.2) is 18.2 Å². The molecule has 3 nitrogen and oxygen atoms in total. The zero-order valence-corrected chi connectivity index (χ0v) is 12.4. The Morgan fingerprint density at radius 3 is 2.55 bits per heavy atom. The molecule has 2 aromatic rings. The van der Waals surface area contributed by atoms with E-state index in [0.29, 0.717) is 12.8 Å². The van der Waals surface area contributed by atoms with E-state index in [0.717, 1.165) is 16.7 Å². The maximum absolute atomic E-state index is 12.6. The van der Waals surface area contributed by atoms with E-state index in [1.807, 2.05) is 18.2 Å². The first-order valence-electron chi connectivity index (χ1n) is 6.58. The number of hydrogen-bond acceptors (Lipinski definition) is 3. The Morgan fingerprint density at radius 1 is 1.10 bits per heavy atom. The number of rotatable bonds is 2. The Labute approximate surface area is 120 Å². The van der Waals surface area contributed by atoms with Crippen molar-refractivity contribution in [2.45, 2.75) is 37.9 Å². The number of hydrogen-bond donors (Lipinski definition) is 1. The number of nitrogens with one attached hydrogen (secondary N) is 1. The minimum atomic E-state index is -4.05. The van der Waals surface area contributed by atoms with E-state index in [1.54, 1.807) is 0 Å². The van der Waals surface area contributed by atoms with Crippen molar-refractivity contribution in [2.24, 2.45) is 5.92 Å². The first-order valence-corrected chi connectivity index (χ1v) is 8.12. The van der Waals surface area contributed by atoms with E-state index in [-0.39, 0.29) is 33.8 Å². The molecule has 7 heteroatoms. The summed E-state index contributed by atoms with van der Waals surface area (Å²) in [5.74, 6) is -1.13. The van der Waals surface area contributed by atoms with Crippen LogP contribution in [0, 0.1) is 5.92 Å². The van der Waals surface area contributed by atoms with Crippen LogP contribution in [0.4, 0.5) is 18.9 Å². The quantitative estimate of drug-likeness (QED) is 0.847. The van der Waals surface area contributed by atoms with Gasteiger partial charge in [0.05, 0.1) is 0 Å². The maximum atomic E-state index is 12.6. The van der Waals surface area contributed by atoms with Crippen LogP contribution in [0.5, 0.6) is 0 Å². The molecule has 1 saturated carbocycles. The zero-order chi connectivity index (χ0) is 14.2. The third-order valence-corrected chi connectivity index (χ3v) is 4.97. The molecule has 1 aromatic heterocycles. The number of fused-ring (bicyclic) bond motifs is 1. The number of anilines is 1. The molecule has 0 saturated heterocycles. The van der Waals surface area contributed by atoms with Crippen LogP contribution in [0.25, 0.3) is 11.0 Å². The molecule has 20 heavy (non-hydrogen) atoms. The van der Waals surface area contributed by atoms with Crippen molar-refractivity contribution >= 4 is 31.7 Å². The minimum absolute atomic E-state index is 0.0892. The second-order valence-corrected chi connectivity index (χ2v) is 6.28. The fourth-order valence-electron chi connectivity index (χ4n) is 2.71. The van der Waals surface area contributed by atoms with E-state index in [9.17, 15) is 13.2 Å². The number of alkyl halides is 3. The molecule has 3 rings (SSSR count). The average Bonchev–Trinajstić information content (AvgIpc) is 2.88. The van der Waals surface area contributed by atoms with E-state index in [4.69, 9.17) is 0 Å². The van der Waals surface area contributed by atoms with Crippen molar-refractivity contribution in [2.75, 3.05) is 5.32 Å². The van der Waals surface area contributed by atoms with Crippen molar-refractivity contribution in [1.29, 1.82) is 0 Å². The van der Waals surface area contributed by atoms with Gasteiger partial charge in [-0.1, -0.05) is 0 Å². The van der Waals surface area contributed by atoms with Gasteiger partial charge >= 0.3 is 120 Å². The SMILES string of the molecule is FC(F)(F)C1CCC(Nc2cccc3n[se]nc23)CC1. The van der Waals surface area contributed by atoms with E-state index >= 15 is 0 Å².